The lowest BCUT2D eigenvalue weighted by Crippen LogP contribution is -2.40. The van der Waals surface area contributed by atoms with Crippen molar-refractivity contribution >= 4 is 5.97 Å². The highest BCUT2D eigenvalue weighted by atomic mass is 16.5. The zero-order valence-corrected chi connectivity index (χ0v) is 13.2. The van der Waals surface area contributed by atoms with Gasteiger partial charge >= 0.3 is 5.97 Å². The van der Waals surface area contributed by atoms with Crippen LogP contribution in [-0.2, 0) is 14.9 Å². The number of ether oxygens (including phenoxy) is 1. The molecular weight excluding hydrogens is 286 g/mol. The van der Waals surface area contributed by atoms with Gasteiger partial charge in [0.2, 0.25) is 0 Å². The van der Waals surface area contributed by atoms with Gasteiger partial charge in [-0.3, -0.25) is 0 Å². The van der Waals surface area contributed by atoms with Crippen molar-refractivity contribution in [2.45, 2.75) is 31.1 Å². The number of carbonyl (C=O) groups is 1. The molecule has 2 aromatic carbocycles. The summed E-state index contributed by atoms with van der Waals surface area (Å²) in [6.07, 6.45) is 1.24. The Morgan fingerprint density at radius 1 is 1.22 bits per heavy atom. The Hall–Kier alpha value is -2.60. The summed E-state index contributed by atoms with van der Waals surface area (Å²) < 4.78 is 5.21. The van der Waals surface area contributed by atoms with Crippen LogP contribution in [0.2, 0.25) is 0 Å². The van der Waals surface area contributed by atoms with E-state index in [9.17, 15) is 10.1 Å². The number of hydrogen-bond donors (Lipinski definition) is 0. The molecule has 2 aromatic rings. The van der Waals surface area contributed by atoms with Gasteiger partial charge < -0.3 is 4.74 Å². The smallest absolute Gasteiger partial charge is 0.331 e. The van der Waals surface area contributed by atoms with Gasteiger partial charge in [-0.2, -0.15) is 5.26 Å². The summed E-state index contributed by atoms with van der Waals surface area (Å²) in [6, 6.07) is 20.3. The van der Waals surface area contributed by atoms with Crippen LogP contribution in [0.1, 0.15) is 42.4 Å². The Bertz CT molecular complexity index is 748. The van der Waals surface area contributed by atoms with Crippen LogP contribution in [0, 0.1) is 11.3 Å². The number of rotatable bonds is 3. The fraction of sp³-hybridized carbons (Fsp3) is 0.300. The summed E-state index contributed by atoms with van der Waals surface area (Å²) >= 11 is 0. The quantitative estimate of drug-likeness (QED) is 0.807. The van der Waals surface area contributed by atoms with Crippen molar-refractivity contribution in [1.82, 2.24) is 0 Å². The van der Waals surface area contributed by atoms with Crippen LogP contribution in [0.25, 0.3) is 0 Å². The molecule has 0 amide bonds. The maximum absolute atomic E-state index is 12.5. The average Bonchev–Trinajstić information content (AvgIpc) is 2.61. The van der Waals surface area contributed by atoms with E-state index in [1.807, 2.05) is 42.5 Å². The fourth-order valence-electron chi connectivity index (χ4n) is 3.50. The largest absolute Gasteiger partial charge is 0.465 e. The molecule has 0 bridgehead atoms. The van der Waals surface area contributed by atoms with Gasteiger partial charge in [0.05, 0.1) is 12.7 Å². The number of hydrogen-bond acceptors (Lipinski definition) is 3. The van der Waals surface area contributed by atoms with Crippen LogP contribution in [0.15, 0.2) is 54.6 Å². The zero-order chi connectivity index (χ0) is 16.3. The second-order valence-corrected chi connectivity index (χ2v) is 5.83. The Kier molecular flexibility index (Phi) is 4.16. The third-order valence-corrected chi connectivity index (χ3v) is 4.62. The van der Waals surface area contributed by atoms with E-state index in [4.69, 9.17) is 4.74 Å². The number of fused-ring (bicyclic) bond motifs is 1. The minimum absolute atomic E-state index is 0.211. The van der Waals surface area contributed by atoms with Crippen LogP contribution < -0.4 is 0 Å². The van der Waals surface area contributed by atoms with Gasteiger partial charge in [-0.15, -0.1) is 0 Å². The van der Waals surface area contributed by atoms with Crippen molar-refractivity contribution in [2.24, 2.45) is 0 Å². The zero-order valence-electron chi connectivity index (χ0n) is 13.2. The normalized spacial score (nSPS) is 22.7. The number of esters is 1. The molecule has 3 heteroatoms. The maximum atomic E-state index is 12.5. The number of nitriles is 1. The third-order valence-electron chi connectivity index (χ3n) is 4.62. The molecule has 1 aliphatic rings. The second kappa shape index (κ2) is 6.26. The highest BCUT2D eigenvalue weighted by molar-refractivity contribution is 5.88. The summed E-state index contributed by atoms with van der Waals surface area (Å²) in [4.78, 5) is 12.5. The SMILES string of the molecule is CCOC(=O)C1(C#N)CCC(c2ccccc2)c2ccccc21. The minimum Gasteiger partial charge on any atom is -0.465 e. The molecule has 23 heavy (non-hydrogen) atoms. The molecule has 0 N–H and O–H groups in total. The van der Waals surface area contributed by atoms with E-state index in [1.165, 1.54) is 5.56 Å². The third kappa shape index (κ3) is 2.51. The Morgan fingerprint density at radius 3 is 2.61 bits per heavy atom. The standard InChI is InChI=1S/C20H19NO2/c1-2-23-19(22)20(14-21)13-12-16(15-8-4-3-5-9-15)17-10-6-7-11-18(17)20/h3-11,16H,2,12-13H2,1H3. The number of carbonyl (C=O) groups excluding carboxylic acids is 1. The maximum Gasteiger partial charge on any atom is 0.331 e. The molecule has 0 spiro atoms. The van der Waals surface area contributed by atoms with E-state index in [0.29, 0.717) is 6.42 Å². The van der Waals surface area contributed by atoms with E-state index >= 15 is 0 Å². The lowest BCUT2D eigenvalue weighted by molar-refractivity contribution is -0.148. The molecule has 1 aliphatic carbocycles. The van der Waals surface area contributed by atoms with Crippen molar-refractivity contribution in [3.8, 4) is 6.07 Å². The second-order valence-electron chi connectivity index (χ2n) is 5.83. The molecule has 2 atom stereocenters. The molecule has 0 radical (unpaired) electrons. The lowest BCUT2D eigenvalue weighted by atomic mass is 9.66. The summed E-state index contributed by atoms with van der Waals surface area (Å²) in [6.45, 7) is 2.05. The summed E-state index contributed by atoms with van der Waals surface area (Å²) in [5, 5.41) is 9.79. The molecule has 0 saturated carbocycles. The molecular formula is C20H19NO2. The first-order valence-corrected chi connectivity index (χ1v) is 7.95. The lowest BCUT2D eigenvalue weighted by Gasteiger charge is -2.35. The van der Waals surface area contributed by atoms with Crippen molar-refractivity contribution in [3.63, 3.8) is 0 Å². The summed E-state index contributed by atoms with van der Waals surface area (Å²) in [5.74, 6) is -0.218. The van der Waals surface area contributed by atoms with Gasteiger partial charge in [0.15, 0.2) is 5.41 Å². The predicted octanol–water partition coefficient (Wildman–Crippen LogP) is 3.94. The highest BCUT2D eigenvalue weighted by Gasteiger charge is 2.47. The molecule has 2 unspecified atom stereocenters. The predicted molar refractivity (Wildman–Crippen MR) is 87.9 cm³/mol. The van der Waals surface area contributed by atoms with Gasteiger partial charge in [-0.25, -0.2) is 4.79 Å². The van der Waals surface area contributed by atoms with Crippen molar-refractivity contribution in [3.05, 3.63) is 71.3 Å². The average molecular weight is 305 g/mol. The fourth-order valence-corrected chi connectivity index (χ4v) is 3.50. The van der Waals surface area contributed by atoms with E-state index in [2.05, 4.69) is 18.2 Å². The van der Waals surface area contributed by atoms with E-state index in [1.54, 1.807) is 6.92 Å². The van der Waals surface area contributed by atoms with Crippen molar-refractivity contribution in [1.29, 1.82) is 5.26 Å². The molecule has 3 rings (SSSR count). The molecule has 0 aromatic heterocycles. The Labute approximate surface area is 136 Å². The highest BCUT2D eigenvalue weighted by Crippen LogP contribution is 2.45. The van der Waals surface area contributed by atoms with Gasteiger partial charge in [0.25, 0.3) is 0 Å². The van der Waals surface area contributed by atoms with Gasteiger partial charge in [-0.05, 0) is 36.5 Å². The molecule has 0 aliphatic heterocycles. The van der Waals surface area contributed by atoms with E-state index in [-0.39, 0.29) is 12.5 Å². The first kappa shape index (κ1) is 15.3. The first-order chi connectivity index (χ1) is 11.2. The monoisotopic (exact) mass is 305 g/mol. The van der Waals surface area contributed by atoms with Crippen molar-refractivity contribution in [2.75, 3.05) is 6.61 Å². The first-order valence-electron chi connectivity index (χ1n) is 7.95. The van der Waals surface area contributed by atoms with Crippen molar-refractivity contribution < 1.29 is 9.53 Å². The van der Waals surface area contributed by atoms with E-state index < -0.39 is 11.4 Å². The van der Waals surface area contributed by atoms with Crippen LogP contribution >= 0.6 is 0 Å². The van der Waals surface area contributed by atoms with Crippen LogP contribution in [0.5, 0.6) is 0 Å². The molecule has 0 saturated heterocycles. The topological polar surface area (TPSA) is 50.1 Å². The molecule has 0 fully saturated rings. The molecule has 3 nitrogen and oxygen atoms in total. The summed E-state index contributed by atoms with van der Waals surface area (Å²) in [5.41, 5.74) is 1.88. The summed E-state index contributed by atoms with van der Waals surface area (Å²) in [7, 11) is 0. The van der Waals surface area contributed by atoms with Gasteiger partial charge in [0, 0.05) is 5.92 Å². The molecule has 0 heterocycles. The van der Waals surface area contributed by atoms with Crippen LogP contribution in [-0.4, -0.2) is 12.6 Å². The van der Waals surface area contributed by atoms with Gasteiger partial charge in [-0.1, -0.05) is 54.6 Å². The van der Waals surface area contributed by atoms with E-state index in [0.717, 1.165) is 17.5 Å². The Balaban J connectivity index is 2.11. The Morgan fingerprint density at radius 2 is 1.91 bits per heavy atom. The minimum atomic E-state index is -1.18. The number of nitrogens with zero attached hydrogens (tertiary/aromatic N) is 1. The van der Waals surface area contributed by atoms with Crippen LogP contribution in [0.3, 0.4) is 0 Å². The van der Waals surface area contributed by atoms with Gasteiger partial charge in [0.1, 0.15) is 0 Å². The van der Waals surface area contributed by atoms with Crippen LogP contribution in [0.4, 0.5) is 0 Å². The number of benzene rings is 2. The molecule has 116 valence electrons.